The molecular weight excluding hydrogens is 290 g/mol. The van der Waals surface area contributed by atoms with E-state index in [0.29, 0.717) is 18.3 Å². The molecule has 2 fully saturated rings. The van der Waals surface area contributed by atoms with Crippen molar-refractivity contribution in [2.45, 2.75) is 57.6 Å². The summed E-state index contributed by atoms with van der Waals surface area (Å²) in [6.07, 6.45) is 9.07. The number of pyridine rings is 1. The van der Waals surface area contributed by atoms with Gasteiger partial charge < -0.3 is 15.0 Å². The molecule has 1 N–H and O–H groups in total. The first kappa shape index (κ1) is 16.2. The van der Waals surface area contributed by atoms with E-state index in [0.717, 1.165) is 38.1 Å². The molecule has 2 unspecified atom stereocenters. The van der Waals surface area contributed by atoms with Crippen LogP contribution in [0.2, 0.25) is 0 Å². The third-order valence-electron chi connectivity index (χ3n) is 4.92. The number of carbonyl (C=O) groups excluding carboxylic acids is 1. The van der Waals surface area contributed by atoms with E-state index in [-0.39, 0.29) is 12.0 Å². The van der Waals surface area contributed by atoms with Crippen molar-refractivity contribution in [2.75, 3.05) is 24.6 Å². The van der Waals surface area contributed by atoms with Gasteiger partial charge in [0.2, 0.25) is 0 Å². The van der Waals surface area contributed by atoms with E-state index < -0.39 is 0 Å². The number of anilines is 1. The van der Waals surface area contributed by atoms with Crippen LogP contribution in [0.15, 0.2) is 18.3 Å². The number of hydrogen-bond acceptors (Lipinski definition) is 4. The summed E-state index contributed by atoms with van der Waals surface area (Å²) in [5, 5.41) is 2.92. The van der Waals surface area contributed by atoms with E-state index in [1.807, 2.05) is 18.3 Å². The van der Waals surface area contributed by atoms with Crippen LogP contribution in [0.5, 0.6) is 0 Å². The minimum atomic E-state index is -0.113. The summed E-state index contributed by atoms with van der Waals surface area (Å²) < 4.78 is 5.52. The lowest BCUT2D eigenvalue weighted by Crippen LogP contribution is -2.39. The smallest absolute Gasteiger partial charge is 0.269 e. The molecule has 2 saturated heterocycles. The molecule has 0 bridgehead atoms. The number of nitrogens with zero attached hydrogens (tertiary/aromatic N) is 2. The molecule has 2 atom stereocenters. The number of carbonyl (C=O) groups is 1. The number of piperidine rings is 1. The number of nitrogens with one attached hydrogen (secondary N) is 1. The summed E-state index contributed by atoms with van der Waals surface area (Å²) in [7, 11) is 0. The molecule has 5 nitrogen and oxygen atoms in total. The predicted octanol–water partition coefficient (Wildman–Crippen LogP) is 2.76. The Bertz CT molecular complexity index is 512. The molecule has 3 rings (SSSR count). The fourth-order valence-corrected chi connectivity index (χ4v) is 3.56. The van der Waals surface area contributed by atoms with Crippen molar-refractivity contribution < 1.29 is 9.53 Å². The highest BCUT2D eigenvalue weighted by molar-refractivity contribution is 5.92. The third kappa shape index (κ3) is 4.02. The SMILES string of the molecule is CCC1CCCCN1c1ccc(C(=O)NCC2CCCO2)nc1. The van der Waals surface area contributed by atoms with Crippen molar-refractivity contribution in [3.05, 3.63) is 24.0 Å². The van der Waals surface area contributed by atoms with Crippen LogP contribution < -0.4 is 10.2 Å². The summed E-state index contributed by atoms with van der Waals surface area (Å²) in [6.45, 7) is 4.71. The zero-order chi connectivity index (χ0) is 16.1. The van der Waals surface area contributed by atoms with Gasteiger partial charge >= 0.3 is 0 Å². The van der Waals surface area contributed by atoms with Crippen molar-refractivity contribution in [1.82, 2.24) is 10.3 Å². The molecule has 0 aliphatic carbocycles. The third-order valence-corrected chi connectivity index (χ3v) is 4.92. The second-order valence-corrected chi connectivity index (χ2v) is 6.50. The topological polar surface area (TPSA) is 54.5 Å². The van der Waals surface area contributed by atoms with Crippen LogP contribution >= 0.6 is 0 Å². The van der Waals surface area contributed by atoms with E-state index in [1.165, 1.54) is 19.3 Å². The van der Waals surface area contributed by atoms with Gasteiger partial charge in [-0.05, 0) is 50.7 Å². The molecule has 2 aliphatic heterocycles. The average Bonchev–Trinajstić information content (AvgIpc) is 3.13. The number of amides is 1. The molecular formula is C18H27N3O2. The van der Waals surface area contributed by atoms with Gasteiger partial charge in [-0.2, -0.15) is 0 Å². The van der Waals surface area contributed by atoms with E-state index in [4.69, 9.17) is 4.74 Å². The maximum absolute atomic E-state index is 12.2. The standard InChI is InChI=1S/C18H27N3O2/c1-2-14-6-3-4-10-21(14)15-8-9-17(19-12-15)18(22)20-13-16-7-5-11-23-16/h8-9,12,14,16H,2-7,10-11,13H2,1H3,(H,20,22). The van der Waals surface area contributed by atoms with Crippen molar-refractivity contribution in [1.29, 1.82) is 0 Å². The lowest BCUT2D eigenvalue weighted by molar-refractivity contribution is 0.0853. The Labute approximate surface area is 138 Å². The molecule has 23 heavy (non-hydrogen) atoms. The van der Waals surface area contributed by atoms with Gasteiger partial charge in [0.05, 0.1) is 18.0 Å². The Morgan fingerprint density at radius 1 is 1.35 bits per heavy atom. The Kier molecular flexibility index (Phi) is 5.49. The number of aromatic nitrogens is 1. The molecule has 1 amide bonds. The second kappa shape index (κ2) is 7.77. The molecule has 5 heteroatoms. The maximum atomic E-state index is 12.2. The number of hydrogen-bond donors (Lipinski definition) is 1. The monoisotopic (exact) mass is 317 g/mol. The Morgan fingerprint density at radius 3 is 2.96 bits per heavy atom. The van der Waals surface area contributed by atoms with E-state index in [2.05, 4.69) is 22.1 Å². The highest BCUT2D eigenvalue weighted by Crippen LogP contribution is 2.25. The van der Waals surface area contributed by atoms with Gasteiger partial charge in [0, 0.05) is 25.7 Å². The van der Waals surface area contributed by atoms with Crippen molar-refractivity contribution in [3.8, 4) is 0 Å². The molecule has 1 aromatic heterocycles. The van der Waals surface area contributed by atoms with Crippen LogP contribution in [-0.2, 0) is 4.74 Å². The Balaban J connectivity index is 1.58. The molecule has 0 saturated carbocycles. The minimum Gasteiger partial charge on any atom is -0.376 e. The van der Waals surface area contributed by atoms with Gasteiger partial charge in [0.25, 0.3) is 5.91 Å². The van der Waals surface area contributed by atoms with E-state index in [9.17, 15) is 4.79 Å². The van der Waals surface area contributed by atoms with Crippen molar-refractivity contribution >= 4 is 11.6 Å². The van der Waals surface area contributed by atoms with Gasteiger partial charge in [-0.15, -0.1) is 0 Å². The fourth-order valence-electron chi connectivity index (χ4n) is 3.56. The van der Waals surface area contributed by atoms with Crippen LogP contribution in [0.1, 0.15) is 55.9 Å². The zero-order valence-electron chi connectivity index (χ0n) is 14.0. The largest absolute Gasteiger partial charge is 0.376 e. The summed E-state index contributed by atoms with van der Waals surface area (Å²) >= 11 is 0. The van der Waals surface area contributed by atoms with Gasteiger partial charge in [0.1, 0.15) is 5.69 Å². The Hall–Kier alpha value is -1.62. The number of ether oxygens (including phenoxy) is 1. The summed E-state index contributed by atoms with van der Waals surface area (Å²) in [4.78, 5) is 19.0. The lowest BCUT2D eigenvalue weighted by atomic mass is 9.99. The lowest BCUT2D eigenvalue weighted by Gasteiger charge is -2.37. The minimum absolute atomic E-state index is 0.113. The predicted molar refractivity (Wildman–Crippen MR) is 90.8 cm³/mol. The molecule has 2 aliphatic rings. The molecule has 0 aromatic carbocycles. The second-order valence-electron chi connectivity index (χ2n) is 6.50. The summed E-state index contributed by atoms with van der Waals surface area (Å²) in [6, 6.07) is 4.47. The summed E-state index contributed by atoms with van der Waals surface area (Å²) in [5.74, 6) is -0.113. The summed E-state index contributed by atoms with van der Waals surface area (Å²) in [5.41, 5.74) is 1.61. The maximum Gasteiger partial charge on any atom is 0.269 e. The first-order chi connectivity index (χ1) is 11.3. The zero-order valence-corrected chi connectivity index (χ0v) is 14.0. The van der Waals surface area contributed by atoms with Crippen LogP contribution in [0.25, 0.3) is 0 Å². The van der Waals surface area contributed by atoms with Gasteiger partial charge in [0.15, 0.2) is 0 Å². The normalized spacial score (nSPS) is 24.7. The first-order valence-corrected chi connectivity index (χ1v) is 8.90. The van der Waals surface area contributed by atoms with Crippen LogP contribution in [0, 0.1) is 0 Å². The molecule has 126 valence electrons. The van der Waals surface area contributed by atoms with Crippen LogP contribution in [0.4, 0.5) is 5.69 Å². The van der Waals surface area contributed by atoms with E-state index in [1.54, 1.807) is 0 Å². The molecule has 0 spiro atoms. The van der Waals surface area contributed by atoms with Gasteiger partial charge in [-0.3, -0.25) is 4.79 Å². The van der Waals surface area contributed by atoms with Gasteiger partial charge in [-0.1, -0.05) is 6.92 Å². The van der Waals surface area contributed by atoms with E-state index >= 15 is 0 Å². The highest BCUT2D eigenvalue weighted by Gasteiger charge is 2.22. The highest BCUT2D eigenvalue weighted by atomic mass is 16.5. The molecule has 3 heterocycles. The number of rotatable bonds is 5. The average molecular weight is 317 g/mol. The molecule has 1 aromatic rings. The quantitative estimate of drug-likeness (QED) is 0.907. The first-order valence-electron chi connectivity index (χ1n) is 8.90. The van der Waals surface area contributed by atoms with Crippen LogP contribution in [-0.4, -0.2) is 42.7 Å². The fraction of sp³-hybridized carbons (Fsp3) is 0.667. The Morgan fingerprint density at radius 2 is 2.26 bits per heavy atom. The van der Waals surface area contributed by atoms with Gasteiger partial charge in [-0.25, -0.2) is 4.98 Å². The van der Waals surface area contributed by atoms with Crippen molar-refractivity contribution in [2.24, 2.45) is 0 Å². The molecule has 0 radical (unpaired) electrons. The van der Waals surface area contributed by atoms with Crippen LogP contribution in [0.3, 0.4) is 0 Å². The van der Waals surface area contributed by atoms with Crippen molar-refractivity contribution in [3.63, 3.8) is 0 Å².